The lowest BCUT2D eigenvalue weighted by Gasteiger charge is -2.24. The molecular weight excluding hydrogens is 1840 g/mol. The van der Waals surface area contributed by atoms with Crippen LogP contribution in [0.2, 0.25) is 0 Å². The number of fused-ring (bicyclic) bond motifs is 4. The van der Waals surface area contributed by atoms with Gasteiger partial charge in [-0.05, 0) is 185 Å². The van der Waals surface area contributed by atoms with E-state index in [2.05, 4.69) is 122 Å². The number of aromatic nitrogens is 16. The van der Waals surface area contributed by atoms with E-state index in [0.29, 0.717) is 87.5 Å². The lowest BCUT2D eigenvalue weighted by atomic mass is 9.88. The number of hydrogen-bond donors (Lipinski definition) is 12. The van der Waals surface area contributed by atoms with E-state index < -0.39 is 48.4 Å². The highest BCUT2D eigenvalue weighted by Gasteiger charge is 2.30. The average molecular weight is 1950 g/mol. The molecule has 718 valence electrons. The molecular formula is C99H108N26O10S4. The Labute approximate surface area is 818 Å². The molecule has 16 rings (SSSR count). The van der Waals surface area contributed by atoms with Crippen LogP contribution in [0, 0.1) is 17.3 Å². The number of rotatable bonds is 28. The first-order chi connectivity index (χ1) is 66.9. The van der Waals surface area contributed by atoms with E-state index in [1.807, 2.05) is 204 Å². The number of ether oxygens (including phenoxy) is 2. The van der Waals surface area contributed by atoms with Crippen molar-refractivity contribution in [2.45, 2.75) is 146 Å². The molecule has 0 radical (unpaired) electrons. The van der Waals surface area contributed by atoms with Crippen LogP contribution in [-0.2, 0) is 19.1 Å². The van der Waals surface area contributed by atoms with Gasteiger partial charge in [-0.1, -0.05) is 131 Å². The van der Waals surface area contributed by atoms with Crippen LogP contribution in [0.15, 0.2) is 196 Å². The maximum Gasteiger partial charge on any atom is 0.323 e. The average Bonchev–Trinajstić information content (AvgIpc) is 1.67. The fourth-order valence-electron chi connectivity index (χ4n) is 13.7. The summed E-state index contributed by atoms with van der Waals surface area (Å²) >= 11 is 5.56. The summed E-state index contributed by atoms with van der Waals surface area (Å²) in [5.41, 5.74) is 27.6. The molecule has 40 heteroatoms. The monoisotopic (exact) mass is 1950 g/mol. The first-order valence-corrected chi connectivity index (χ1v) is 48.3. The third-order valence-corrected chi connectivity index (χ3v) is 25.3. The van der Waals surface area contributed by atoms with Crippen molar-refractivity contribution in [2.75, 3.05) is 47.4 Å². The Balaban J connectivity index is 0.000000157. The van der Waals surface area contributed by atoms with Gasteiger partial charge < -0.3 is 52.4 Å². The molecule has 0 spiro atoms. The highest BCUT2D eigenvalue weighted by atomic mass is 32.1. The van der Waals surface area contributed by atoms with Gasteiger partial charge in [-0.25, -0.2) is 79.0 Å². The summed E-state index contributed by atoms with van der Waals surface area (Å²) in [6.45, 7) is 28.2. The van der Waals surface area contributed by atoms with Crippen molar-refractivity contribution in [1.82, 2.24) is 101 Å². The van der Waals surface area contributed by atoms with Crippen molar-refractivity contribution in [3.05, 3.63) is 219 Å². The van der Waals surface area contributed by atoms with Gasteiger partial charge in [-0.3, -0.25) is 50.8 Å². The van der Waals surface area contributed by atoms with Gasteiger partial charge >= 0.3 is 36.1 Å². The number of urea groups is 4. The molecule has 12 heterocycles. The minimum atomic E-state index is -0.764. The predicted octanol–water partition coefficient (Wildman–Crippen LogP) is 18.9. The standard InChI is InChI=1S/2C26H29N7O3S.C24H26N6O2S.C23H24N6O2S/c2*1-5-28-25(35)33-26-32-20-11-16(10-18(22(20)37-26)19-8-6-7-9-29-19)17-12-30-23(31-13-17)15(4)36-24(34)21(27)14(2)3;1-5-25-22(32)30-23-29-18-11-14(10-16(19(18)33-23)17-8-6-7-9-26-17)15-12-27-21(28-13-15)20(31)24(2,3)4;1-3-7-19(30)21-26-12-15(13-27-21)14-10-16(17-8-5-6-9-25-17)20-18(11-14)28-23(32-20)29-22(31)24-4-2/h2*6-15,21H,5,27H2,1-4H3,(H2,28,32,33,35);6-13,20,31H,5H2,1-4H3,(H2,25,29,30,32);5-6,8-13,19,30H,3-4,7H2,1-2H3,(H2,24,28,29,31)/t15-,21+;15-,21-;;/m01../s1. The predicted molar refractivity (Wildman–Crippen MR) is 545 cm³/mol. The Kier molecular flexibility index (Phi) is 34.6. The summed E-state index contributed by atoms with van der Waals surface area (Å²) in [5.74, 6) is 0.523. The number of hydrogen-bond acceptors (Lipinski definition) is 32. The SMILES string of the molecule is CCCC(O)c1ncc(-c2cc(-c3ccccn3)c3sc(NC(=O)NCC)nc3c2)cn1.CCNC(=O)Nc1nc2cc(-c3cnc(C(O)C(C)(C)C)nc3)cc(-c3ccccn3)c2s1.CCNC(=O)Nc1nc2cc(-c3cnc([C@@H](C)OC(=O)[C@H](N)C(C)C)nc3)cc(-c3ccccn3)c2s1.CCNC(=O)Nc1nc2cc(-c3cnc([C@H](C)OC(=O)[C@H](N)C(C)C)nc3)cc(-c3ccccn3)c2s1. The molecule has 16 aromatic rings. The molecule has 139 heavy (non-hydrogen) atoms. The van der Waals surface area contributed by atoms with Crippen molar-refractivity contribution in [2.24, 2.45) is 28.7 Å². The largest absolute Gasteiger partial charge is 0.453 e. The summed E-state index contributed by atoms with van der Waals surface area (Å²) in [6, 6.07) is 36.0. The third-order valence-electron chi connectivity index (χ3n) is 21.2. The number of nitrogens with one attached hydrogen (secondary N) is 8. The quantitative estimate of drug-likeness (QED) is 0.0203. The lowest BCUT2D eigenvalue weighted by molar-refractivity contribution is -0.152. The number of carbonyl (C=O) groups is 6. The molecule has 0 bridgehead atoms. The van der Waals surface area contributed by atoms with E-state index in [1.165, 1.54) is 45.3 Å². The molecule has 36 nitrogen and oxygen atoms in total. The third kappa shape index (κ3) is 26.3. The van der Waals surface area contributed by atoms with Crippen LogP contribution in [0.4, 0.5) is 39.7 Å². The van der Waals surface area contributed by atoms with Crippen LogP contribution in [0.3, 0.4) is 0 Å². The van der Waals surface area contributed by atoms with Gasteiger partial charge in [-0.15, -0.1) is 0 Å². The normalized spacial score (nSPS) is 12.5. The molecule has 12 aromatic heterocycles. The topological polar surface area (TPSA) is 516 Å². The van der Waals surface area contributed by atoms with Gasteiger partial charge in [0.25, 0.3) is 0 Å². The molecule has 4 aromatic carbocycles. The zero-order valence-electron chi connectivity index (χ0n) is 78.9. The zero-order chi connectivity index (χ0) is 99.1. The number of aliphatic hydroxyl groups excluding tert-OH is 2. The number of amides is 8. The van der Waals surface area contributed by atoms with Gasteiger partial charge in [0.05, 0.1) is 63.6 Å². The molecule has 2 unspecified atom stereocenters. The highest BCUT2D eigenvalue weighted by Crippen LogP contribution is 2.44. The van der Waals surface area contributed by atoms with Gasteiger partial charge in [0.1, 0.15) is 24.3 Å². The Morgan fingerprint density at radius 2 is 0.604 bits per heavy atom. The molecule has 0 fully saturated rings. The number of pyridine rings is 4. The number of thiazole rings is 4. The lowest BCUT2D eigenvalue weighted by Crippen LogP contribution is -2.37. The first-order valence-electron chi connectivity index (χ1n) is 45.1. The first kappa shape index (κ1) is 102. The number of anilines is 4. The summed E-state index contributed by atoms with van der Waals surface area (Å²) in [4.78, 5) is 144. The van der Waals surface area contributed by atoms with E-state index in [4.69, 9.17) is 20.9 Å². The van der Waals surface area contributed by atoms with Crippen LogP contribution in [0.1, 0.15) is 157 Å². The maximum absolute atomic E-state index is 12.2. The van der Waals surface area contributed by atoms with Crippen molar-refractivity contribution in [1.29, 1.82) is 0 Å². The molecule has 8 amide bonds. The van der Waals surface area contributed by atoms with Gasteiger partial charge in [0.2, 0.25) is 0 Å². The Morgan fingerprint density at radius 3 is 0.827 bits per heavy atom. The number of nitrogens with two attached hydrogens (primary N) is 2. The summed E-state index contributed by atoms with van der Waals surface area (Å²) < 4.78 is 14.5. The number of esters is 2. The van der Waals surface area contributed by atoms with Crippen molar-refractivity contribution < 1.29 is 48.5 Å². The highest BCUT2D eigenvalue weighted by molar-refractivity contribution is 7.24. The van der Waals surface area contributed by atoms with Crippen LogP contribution in [0.25, 0.3) is 130 Å². The summed E-state index contributed by atoms with van der Waals surface area (Å²) in [6.07, 6.45) is 19.3. The van der Waals surface area contributed by atoms with E-state index >= 15 is 0 Å². The molecule has 0 aliphatic carbocycles. The van der Waals surface area contributed by atoms with Gasteiger partial charge in [-0.2, -0.15) is 0 Å². The fourth-order valence-corrected chi connectivity index (χ4v) is 17.5. The molecule has 6 atom stereocenters. The molecule has 14 N–H and O–H groups in total. The van der Waals surface area contributed by atoms with Gasteiger partial charge in [0, 0.05) is 145 Å². The Bertz CT molecular complexity index is 6690. The second kappa shape index (κ2) is 47.3. The smallest absolute Gasteiger partial charge is 0.323 e. The second-order valence-corrected chi connectivity index (χ2v) is 37.4. The molecule has 0 aliphatic rings. The van der Waals surface area contributed by atoms with Gasteiger partial charge in [0.15, 0.2) is 56.0 Å². The van der Waals surface area contributed by atoms with Crippen LogP contribution < -0.4 is 54.0 Å². The number of nitrogens with zero attached hydrogens (tertiary/aromatic N) is 16. The maximum atomic E-state index is 12.2. The zero-order valence-corrected chi connectivity index (χ0v) is 82.2. The van der Waals surface area contributed by atoms with Crippen LogP contribution >= 0.6 is 45.3 Å². The van der Waals surface area contributed by atoms with E-state index in [1.54, 1.807) is 88.2 Å². The van der Waals surface area contributed by atoms with E-state index in [0.717, 1.165) is 126 Å². The number of carbonyl (C=O) groups excluding carboxylic acids is 6. The molecule has 0 saturated carbocycles. The van der Waals surface area contributed by atoms with E-state index in [-0.39, 0.29) is 41.4 Å². The Morgan fingerprint density at radius 1 is 0.353 bits per heavy atom. The summed E-state index contributed by atoms with van der Waals surface area (Å²) in [7, 11) is 0. The number of benzene rings is 4. The number of aliphatic hydroxyl groups is 2. The van der Waals surface area contributed by atoms with Crippen LogP contribution in [-0.4, -0.2) is 164 Å². The molecule has 0 aliphatic heterocycles. The molecule has 0 saturated heterocycles. The minimum absolute atomic E-state index is 0.0336. The fraction of sp³-hybridized carbons (Fsp3) is 0.293. The minimum Gasteiger partial charge on any atom is -0.453 e. The van der Waals surface area contributed by atoms with Crippen molar-refractivity contribution in [3.8, 4) is 89.5 Å². The Hall–Kier alpha value is -14.8. The summed E-state index contributed by atoms with van der Waals surface area (Å²) in [5, 5.41) is 44.6. The van der Waals surface area contributed by atoms with Crippen molar-refractivity contribution >= 4 is 143 Å². The second-order valence-electron chi connectivity index (χ2n) is 33.5. The van der Waals surface area contributed by atoms with Crippen molar-refractivity contribution in [3.63, 3.8) is 0 Å². The van der Waals surface area contributed by atoms with Crippen LogP contribution in [0.5, 0.6) is 0 Å². The van der Waals surface area contributed by atoms with E-state index in [9.17, 15) is 39.0 Å².